The molecule has 0 heterocycles. The van der Waals surface area contributed by atoms with E-state index in [0.717, 1.165) is 0 Å². The third-order valence-electron chi connectivity index (χ3n) is 2.04. The topological polar surface area (TPSA) is 106 Å². The first-order valence-corrected chi connectivity index (χ1v) is 4.18. The number of hydrogen-bond donors (Lipinski definition) is 3. The first kappa shape index (κ1) is 12.1. The van der Waals surface area contributed by atoms with Crippen molar-refractivity contribution in [3.63, 3.8) is 0 Å². The molecule has 0 unspecified atom stereocenters. The summed E-state index contributed by atoms with van der Waals surface area (Å²) in [6.45, 7) is 1.67. The van der Waals surface area contributed by atoms with Crippen LogP contribution in [0.1, 0.15) is 26.2 Å². The summed E-state index contributed by atoms with van der Waals surface area (Å²) in [5.41, 5.74) is 8.94. The molecular weight excluding hydrogens is 172 g/mol. The highest BCUT2D eigenvalue weighted by molar-refractivity contribution is 6.06. The molecule has 0 amide bonds. The molecule has 0 aromatic rings. The van der Waals surface area contributed by atoms with Crippen LogP contribution < -0.4 is 11.5 Å². The Morgan fingerprint density at radius 2 is 1.92 bits per heavy atom. The van der Waals surface area contributed by atoms with E-state index in [2.05, 4.69) is 0 Å². The van der Waals surface area contributed by atoms with Crippen LogP contribution in [0.2, 0.25) is 0 Å². The van der Waals surface area contributed by atoms with E-state index < -0.39 is 17.3 Å². The van der Waals surface area contributed by atoms with Crippen LogP contribution >= 0.6 is 0 Å². The summed E-state index contributed by atoms with van der Waals surface area (Å²) in [6.07, 6.45) is 1.38. The average Bonchev–Trinajstić information content (AvgIpc) is 2.03. The van der Waals surface area contributed by atoms with E-state index in [1.54, 1.807) is 0 Å². The number of nitrogens with two attached hydrogens (primary N) is 2. The molecule has 1 atom stereocenters. The lowest BCUT2D eigenvalue weighted by Gasteiger charge is -2.20. The van der Waals surface area contributed by atoms with E-state index in [-0.39, 0.29) is 6.42 Å². The standard InChI is InChI=1S/C8H16N2O3/c1-6(11)8(10,7(12)13)4-2-3-5-9/h2-5,9-10H2,1H3,(H,12,13)/t8-/m1/s1. The maximum atomic E-state index is 11.0. The Kier molecular flexibility index (Phi) is 4.58. The van der Waals surface area contributed by atoms with Crippen molar-refractivity contribution < 1.29 is 14.7 Å². The number of rotatable bonds is 6. The summed E-state index contributed by atoms with van der Waals surface area (Å²) in [7, 11) is 0. The minimum atomic E-state index is -1.73. The highest BCUT2D eigenvalue weighted by atomic mass is 16.4. The van der Waals surface area contributed by atoms with Gasteiger partial charge in [-0.15, -0.1) is 0 Å². The molecule has 0 spiro atoms. The molecule has 0 bridgehead atoms. The third-order valence-corrected chi connectivity index (χ3v) is 2.04. The summed E-state index contributed by atoms with van der Waals surface area (Å²) < 4.78 is 0. The molecule has 0 saturated heterocycles. The molecular formula is C8H16N2O3. The fourth-order valence-electron chi connectivity index (χ4n) is 0.982. The van der Waals surface area contributed by atoms with Crippen LogP contribution in [-0.4, -0.2) is 28.9 Å². The van der Waals surface area contributed by atoms with Crippen LogP contribution in [0.5, 0.6) is 0 Å². The lowest BCUT2D eigenvalue weighted by Crippen LogP contribution is -2.53. The van der Waals surface area contributed by atoms with E-state index in [9.17, 15) is 9.59 Å². The van der Waals surface area contributed by atoms with Gasteiger partial charge in [0.1, 0.15) is 0 Å². The largest absolute Gasteiger partial charge is 0.480 e. The van der Waals surface area contributed by atoms with Crippen LogP contribution in [0.4, 0.5) is 0 Å². The molecule has 0 fully saturated rings. The number of carboxylic acid groups (broad SMARTS) is 1. The van der Waals surface area contributed by atoms with E-state index in [4.69, 9.17) is 16.6 Å². The minimum absolute atomic E-state index is 0.148. The number of unbranched alkanes of at least 4 members (excludes halogenated alkanes) is 1. The van der Waals surface area contributed by atoms with Gasteiger partial charge in [0.25, 0.3) is 0 Å². The number of carboxylic acids is 1. The third kappa shape index (κ3) is 3.12. The zero-order valence-corrected chi connectivity index (χ0v) is 7.75. The molecule has 0 aliphatic rings. The van der Waals surface area contributed by atoms with E-state index in [0.29, 0.717) is 19.4 Å². The van der Waals surface area contributed by atoms with Gasteiger partial charge in [0.2, 0.25) is 0 Å². The second-order valence-corrected chi connectivity index (χ2v) is 3.08. The van der Waals surface area contributed by atoms with Gasteiger partial charge in [-0.05, 0) is 32.7 Å². The molecule has 13 heavy (non-hydrogen) atoms. The van der Waals surface area contributed by atoms with Crippen molar-refractivity contribution in [3.8, 4) is 0 Å². The SMILES string of the molecule is CC(=O)[C@](N)(CCCCN)C(=O)O. The first-order chi connectivity index (χ1) is 5.95. The van der Waals surface area contributed by atoms with Crippen LogP contribution in [-0.2, 0) is 9.59 Å². The molecule has 5 N–H and O–H groups in total. The van der Waals surface area contributed by atoms with Crippen molar-refractivity contribution >= 4 is 11.8 Å². The minimum Gasteiger partial charge on any atom is -0.480 e. The molecule has 0 radical (unpaired) electrons. The number of hydrogen-bond acceptors (Lipinski definition) is 4. The molecule has 5 heteroatoms. The molecule has 0 aromatic heterocycles. The highest BCUT2D eigenvalue weighted by Crippen LogP contribution is 2.12. The molecule has 0 aliphatic heterocycles. The number of Topliss-reactive ketones (excluding diaryl/α,β-unsaturated/α-hetero) is 1. The summed E-state index contributed by atoms with van der Waals surface area (Å²) in [4.78, 5) is 21.6. The molecule has 0 rings (SSSR count). The molecule has 5 nitrogen and oxygen atoms in total. The van der Waals surface area contributed by atoms with Gasteiger partial charge in [0, 0.05) is 0 Å². The maximum absolute atomic E-state index is 11.0. The number of ketones is 1. The zero-order valence-electron chi connectivity index (χ0n) is 7.75. The van der Waals surface area contributed by atoms with Crippen molar-refractivity contribution in [2.75, 3.05) is 6.54 Å². The quantitative estimate of drug-likeness (QED) is 0.384. The number of aliphatic carboxylic acids is 1. The molecule has 76 valence electrons. The normalized spacial score (nSPS) is 15.0. The van der Waals surface area contributed by atoms with Crippen molar-refractivity contribution in [1.29, 1.82) is 0 Å². The number of carbonyl (C=O) groups excluding carboxylic acids is 1. The maximum Gasteiger partial charge on any atom is 0.331 e. The fraction of sp³-hybridized carbons (Fsp3) is 0.750. The average molecular weight is 188 g/mol. The summed E-state index contributed by atoms with van der Waals surface area (Å²) in [5, 5.41) is 8.73. The lowest BCUT2D eigenvalue weighted by atomic mass is 9.90. The Labute approximate surface area is 77.1 Å². The van der Waals surface area contributed by atoms with Crippen LogP contribution in [0.3, 0.4) is 0 Å². The van der Waals surface area contributed by atoms with Gasteiger partial charge in [0.05, 0.1) is 0 Å². The summed E-state index contributed by atoms with van der Waals surface area (Å²) >= 11 is 0. The lowest BCUT2D eigenvalue weighted by molar-refractivity contribution is -0.148. The van der Waals surface area contributed by atoms with Gasteiger partial charge >= 0.3 is 5.97 Å². The van der Waals surface area contributed by atoms with Crippen molar-refractivity contribution in [1.82, 2.24) is 0 Å². The first-order valence-electron chi connectivity index (χ1n) is 4.18. The van der Waals surface area contributed by atoms with Gasteiger partial charge < -0.3 is 16.6 Å². The van der Waals surface area contributed by atoms with E-state index in [1.807, 2.05) is 0 Å². The Morgan fingerprint density at radius 3 is 2.23 bits per heavy atom. The Hall–Kier alpha value is -0.940. The predicted octanol–water partition coefficient (Wildman–Crippen LogP) is -0.513. The molecule has 0 aromatic carbocycles. The van der Waals surface area contributed by atoms with Gasteiger partial charge in [0.15, 0.2) is 11.3 Å². The summed E-state index contributed by atoms with van der Waals surface area (Å²) in [6, 6.07) is 0. The van der Waals surface area contributed by atoms with Gasteiger partial charge in [-0.1, -0.05) is 0 Å². The molecule has 0 aliphatic carbocycles. The highest BCUT2D eigenvalue weighted by Gasteiger charge is 2.38. The molecule has 0 saturated carbocycles. The smallest absolute Gasteiger partial charge is 0.331 e. The van der Waals surface area contributed by atoms with Gasteiger partial charge in [-0.2, -0.15) is 0 Å². The second-order valence-electron chi connectivity index (χ2n) is 3.08. The van der Waals surface area contributed by atoms with Crippen LogP contribution in [0.15, 0.2) is 0 Å². The monoisotopic (exact) mass is 188 g/mol. The second kappa shape index (κ2) is 4.94. The van der Waals surface area contributed by atoms with Crippen LogP contribution in [0.25, 0.3) is 0 Å². The Bertz CT molecular complexity index is 190. The van der Waals surface area contributed by atoms with Gasteiger partial charge in [-0.25, -0.2) is 4.79 Å². The fourth-order valence-corrected chi connectivity index (χ4v) is 0.982. The Morgan fingerprint density at radius 1 is 1.38 bits per heavy atom. The van der Waals surface area contributed by atoms with Crippen molar-refractivity contribution in [2.24, 2.45) is 11.5 Å². The van der Waals surface area contributed by atoms with Crippen LogP contribution in [0, 0.1) is 0 Å². The summed E-state index contributed by atoms with van der Waals surface area (Å²) in [5.74, 6) is -1.78. The van der Waals surface area contributed by atoms with E-state index >= 15 is 0 Å². The zero-order chi connectivity index (χ0) is 10.5. The van der Waals surface area contributed by atoms with Crippen molar-refractivity contribution in [3.05, 3.63) is 0 Å². The Balaban J connectivity index is 4.26. The van der Waals surface area contributed by atoms with E-state index in [1.165, 1.54) is 6.92 Å². The number of carbonyl (C=O) groups is 2. The van der Waals surface area contributed by atoms with Crippen molar-refractivity contribution in [2.45, 2.75) is 31.7 Å². The predicted molar refractivity (Wildman–Crippen MR) is 48.1 cm³/mol. The van der Waals surface area contributed by atoms with Gasteiger partial charge in [-0.3, -0.25) is 4.79 Å².